The molecule has 3 rings (SSSR count). The average Bonchev–Trinajstić information content (AvgIpc) is 3.17. The monoisotopic (exact) mass is 416 g/mol. The van der Waals surface area contributed by atoms with Gasteiger partial charge in [0.05, 0.1) is 17.5 Å². The van der Waals surface area contributed by atoms with Gasteiger partial charge in [0.2, 0.25) is 5.82 Å². The van der Waals surface area contributed by atoms with Crippen molar-refractivity contribution < 1.29 is 19.2 Å². The van der Waals surface area contributed by atoms with Gasteiger partial charge in [-0.3, -0.25) is 4.79 Å². The number of nitrogens with one attached hydrogen (secondary N) is 2. The lowest BCUT2D eigenvalue weighted by atomic mass is 10.2. The van der Waals surface area contributed by atoms with E-state index in [1.54, 1.807) is 12.1 Å². The van der Waals surface area contributed by atoms with E-state index in [-0.39, 0.29) is 12.5 Å². The zero-order valence-corrected chi connectivity index (χ0v) is 16.7. The van der Waals surface area contributed by atoms with Crippen LogP contribution in [-0.4, -0.2) is 33.9 Å². The van der Waals surface area contributed by atoms with Crippen LogP contribution < -0.4 is 15.6 Å². The number of ether oxygens (including phenoxy) is 1. The smallest absolute Gasteiger partial charge is 0.304 e. The van der Waals surface area contributed by atoms with Crippen molar-refractivity contribution in [3.8, 4) is 28.6 Å². The zero-order valence-electron chi connectivity index (χ0n) is 16.0. The van der Waals surface area contributed by atoms with Gasteiger partial charge in [0.25, 0.3) is 5.89 Å². The summed E-state index contributed by atoms with van der Waals surface area (Å²) in [6.07, 6.45) is 0.0599. The van der Waals surface area contributed by atoms with E-state index >= 15 is 0 Å². The van der Waals surface area contributed by atoms with Crippen molar-refractivity contribution in [2.45, 2.75) is 26.4 Å². The summed E-state index contributed by atoms with van der Waals surface area (Å²) in [6, 6.07) is 12.6. The first-order valence-corrected chi connectivity index (χ1v) is 9.41. The van der Waals surface area contributed by atoms with Crippen molar-refractivity contribution in [3.05, 3.63) is 47.5 Å². The van der Waals surface area contributed by atoms with Gasteiger partial charge in [0.1, 0.15) is 5.75 Å². The second-order valence-electron chi connectivity index (χ2n) is 6.51. The minimum Gasteiger partial charge on any atom is -0.489 e. The summed E-state index contributed by atoms with van der Waals surface area (Å²) in [4.78, 5) is 14.9. The molecule has 0 radical (unpaired) electrons. The Labute approximate surface area is 172 Å². The van der Waals surface area contributed by atoms with E-state index in [2.05, 4.69) is 21.0 Å². The average molecular weight is 417 g/mol. The van der Waals surface area contributed by atoms with E-state index < -0.39 is 5.97 Å². The van der Waals surface area contributed by atoms with Crippen LogP contribution in [0.1, 0.15) is 20.3 Å². The number of hydrogen-bond donors (Lipinski definition) is 3. The van der Waals surface area contributed by atoms with Gasteiger partial charge in [-0.1, -0.05) is 16.8 Å². The molecule has 29 heavy (non-hydrogen) atoms. The zero-order chi connectivity index (χ0) is 20.8. The van der Waals surface area contributed by atoms with Crippen LogP contribution in [0.15, 0.2) is 47.0 Å². The summed E-state index contributed by atoms with van der Waals surface area (Å²) in [7, 11) is 0. The quantitative estimate of drug-likeness (QED) is 0.351. The fraction of sp³-hybridized carbons (Fsp3) is 0.250. The molecule has 1 heterocycles. The summed E-state index contributed by atoms with van der Waals surface area (Å²) in [5, 5.41) is 13.1. The number of carboxylic acid groups (broad SMARTS) is 1. The molecule has 2 aromatic carbocycles. The fourth-order valence-corrected chi connectivity index (χ4v) is 2.70. The Morgan fingerprint density at radius 1 is 1.21 bits per heavy atom. The van der Waals surface area contributed by atoms with Gasteiger partial charge in [-0.25, -0.2) is 5.43 Å². The molecule has 3 N–H and O–H groups in total. The molecule has 152 valence electrons. The molecule has 0 atom stereocenters. The van der Waals surface area contributed by atoms with E-state index in [1.807, 2.05) is 44.2 Å². The van der Waals surface area contributed by atoms with Crippen LogP contribution in [0.25, 0.3) is 22.8 Å². The van der Waals surface area contributed by atoms with Crippen molar-refractivity contribution in [2.24, 2.45) is 0 Å². The van der Waals surface area contributed by atoms with E-state index in [4.69, 9.17) is 26.0 Å². The van der Waals surface area contributed by atoms with Gasteiger partial charge >= 0.3 is 5.97 Å². The van der Waals surface area contributed by atoms with Crippen molar-refractivity contribution in [1.29, 1.82) is 0 Å². The van der Waals surface area contributed by atoms with Gasteiger partial charge in [-0.2, -0.15) is 4.98 Å². The second kappa shape index (κ2) is 9.40. The Bertz CT molecular complexity index is 973. The number of aliphatic carboxylic acids is 1. The molecular formula is C20H21ClN4O4. The number of nitrogens with zero attached hydrogens (tertiary/aromatic N) is 2. The van der Waals surface area contributed by atoms with Crippen molar-refractivity contribution in [1.82, 2.24) is 15.6 Å². The predicted molar refractivity (Wildman–Crippen MR) is 110 cm³/mol. The first-order chi connectivity index (χ1) is 13.9. The highest BCUT2D eigenvalue weighted by atomic mass is 35.5. The normalized spacial score (nSPS) is 10.9. The minimum absolute atomic E-state index is 0.0277. The van der Waals surface area contributed by atoms with E-state index in [0.29, 0.717) is 29.0 Å². The number of carbonyl (C=O) groups is 1. The lowest BCUT2D eigenvalue weighted by Gasteiger charge is -2.11. The molecule has 0 fully saturated rings. The highest BCUT2D eigenvalue weighted by Gasteiger charge is 2.13. The molecule has 1 aromatic heterocycles. The number of aromatic nitrogens is 2. The maximum atomic E-state index is 10.5. The molecule has 0 unspecified atom stereocenters. The molecule has 0 saturated carbocycles. The first kappa shape index (κ1) is 20.6. The van der Waals surface area contributed by atoms with Crippen molar-refractivity contribution in [2.75, 3.05) is 12.0 Å². The van der Waals surface area contributed by atoms with E-state index in [9.17, 15) is 4.79 Å². The third-order valence-electron chi connectivity index (χ3n) is 3.81. The number of carboxylic acids is 1. The number of anilines is 1. The number of halogens is 1. The maximum absolute atomic E-state index is 10.5. The third kappa shape index (κ3) is 5.69. The Kier molecular flexibility index (Phi) is 6.69. The molecular weight excluding hydrogens is 396 g/mol. The number of benzene rings is 2. The van der Waals surface area contributed by atoms with Crippen LogP contribution in [-0.2, 0) is 4.79 Å². The summed E-state index contributed by atoms with van der Waals surface area (Å²) in [5.41, 5.74) is 8.03. The lowest BCUT2D eigenvalue weighted by Crippen LogP contribution is -2.24. The third-order valence-corrected chi connectivity index (χ3v) is 4.10. The van der Waals surface area contributed by atoms with Crippen LogP contribution in [0.3, 0.4) is 0 Å². The van der Waals surface area contributed by atoms with Gasteiger partial charge < -0.3 is 19.8 Å². The largest absolute Gasteiger partial charge is 0.489 e. The minimum atomic E-state index is -0.856. The molecule has 3 aromatic rings. The van der Waals surface area contributed by atoms with Gasteiger partial charge in [-0.15, -0.1) is 0 Å². The topological polar surface area (TPSA) is 110 Å². The first-order valence-electron chi connectivity index (χ1n) is 9.04. The molecule has 8 nitrogen and oxygen atoms in total. The van der Waals surface area contributed by atoms with Gasteiger partial charge in [0, 0.05) is 23.4 Å². The molecule has 0 amide bonds. The second-order valence-corrected chi connectivity index (χ2v) is 6.92. The molecule has 9 heteroatoms. The van der Waals surface area contributed by atoms with E-state index in [0.717, 1.165) is 16.8 Å². The molecule has 0 aliphatic rings. The van der Waals surface area contributed by atoms with Crippen LogP contribution in [0, 0.1) is 0 Å². The maximum Gasteiger partial charge on any atom is 0.304 e. The number of hydrazine groups is 1. The molecule has 0 aliphatic carbocycles. The SMILES string of the molecule is CC(C)Oc1ccc(-c2noc(-c3ccc(NNCCC(=O)O)cc3)n2)cc1Cl. The number of hydrogen-bond acceptors (Lipinski definition) is 7. The van der Waals surface area contributed by atoms with Crippen LogP contribution in [0.2, 0.25) is 5.02 Å². The lowest BCUT2D eigenvalue weighted by molar-refractivity contribution is -0.136. The predicted octanol–water partition coefficient (Wildman–Crippen LogP) is 4.24. The molecule has 0 aliphatic heterocycles. The van der Waals surface area contributed by atoms with Crippen molar-refractivity contribution in [3.63, 3.8) is 0 Å². The molecule has 0 saturated heterocycles. The Morgan fingerprint density at radius 3 is 2.59 bits per heavy atom. The highest BCUT2D eigenvalue weighted by Crippen LogP contribution is 2.31. The molecule has 0 bridgehead atoms. The highest BCUT2D eigenvalue weighted by molar-refractivity contribution is 6.32. The fourth-order valence-electron chi connectivity index (χ4n) is 2.48. The summed E-state index contributed by atoms with van der Waals surface area (Å²) >= 11 is 6.28. The molecule has 0 spiro atoms. The van der Waals surface area contributed by atoms with Crippen molar-refractivity contribution >= 4 is 23.3 Å². The Hall–Kier alpha value is -3.10. The number of rotatable bonds is 9. The summed E-state index contributed by atoms with van der Waals surface area (Å²) in [6.45, 7) is 4.18. The van der Waals surface area contributed by atoms with Gasteiger partial charge in [0.15, 0.2) is 0 Å². The van der Waals surface area contributed by atoms with Crippen LogP contribution >= 0.6 is 11.6 Å². The Balaban J connectivity index is 1.66. The summed E-state index contributed by atoms with van der Waals surface area (Å²) in [5.74, 6) is 0.555. The standard InChI is InChI=1S/C20H21ClN4O4/c1-12(2)28-17-8-5-14(11-16(17)21)19-23-20(29-25-19)13-3-6-15(7-4-13)24-22-10-9-18(26)27/h3-8,11-12,22,24H,9-10H2,1-2H3,(H,26,27). The van der Waals surface area contributed by atoms with Gasteiger partial charge in [-0.05, 0) is 56.3 Å². The van der Waals surface area contributed by atoms with Crippen LogP contribution in [0.5, 0.6) is 5.75 Å². The van der Waals surface area contributed by atoms with E-state index in [1.165, 1.54) is 0 Å². The summed E-state index contributed by atoms with van der Waals surface area (Å²) < 4.78 is 11.0. The Morgan fingerprint density at radius 2 is 1.93 bits per heavy atom. The van der Waals surface area contributed by atoms with Crippen LogP contribution in [0.4, 0.5) is 5.69 Å².